The van der Waals surface area contributed by atoms with Gasteiger partial charge in [0.2, 0.25) is 0 Å². The van der Waals surface area contributed by atoms with Crippen LogP contribution in [0.4, 0.5) is 0 Å². The van der Waals surface area contributed by atoms with E-state index in [1.807, 2.05) is 0 Å². The van der Waals surface area contributed by atoms with Gasteiger partial charge in [-0.3, -0.25) is 0 Å². The van der Waals surface area contributed by atoms with Gasteiger partial charge in [0.15, 0.2) is 6.10 Å². The van der Waals surface area contributed by atoms with E-state index in [0.29, 0.717) is 0 Å². The summed E-state index contributed by atoms with van der Waals surface area (Å²) in [6, 6.07) is 0. The first-order valence-corrected chi connectivity index (χ1v) is 3.74. The molecule has 0 amide bonds. The van der Waals surface area contributed by atoms with Crippen molar-refractivity contribution in [3.8, 4) is 0 Å². The second kappa shape index (κ2) is 3.87. The van der Waals surface area contributed by atoms with Crippen LogP contribution in [-0.2, 0) is 9.53 Å². The monoisotopic (exact) mass is 176 g/mol. The summed E-state index contributed by atoms with van der Waals surface area (Å²) in [4.78, 5) is 10.8. The Hall–Kier alpha value is -0.610. The molecule has 0 aliphatic rings. The highest BCUT2D eigenvalue weighted by Gasteiger charge is 2.34. The van der Waals surface area contributed by atoms with Gasteiger partial charge >= 0.3 is 5.97 Å². The molecule has 0 heterocycles. The minimum atomic E-state index is -1.46. The number of aliphatic hydroxyl groups excluding tert-OH is 2. The second-order valence-electron chi connectivity index (χ2n) is 3.78. The number of methoxy groups -OCH3 is 1. The third kappa shape index (κ3) is 2.79. The molecule has 4 heteroatoms. The molecular formula is C8H16O4. The lowest BCUT2D eigenvalue weighted by atomic mass is 9.86. The van der Waals surface area contributed by atoms with E-state index in [4.69, 9.17) is 0 Å². The summed E-state index contributed by atoms with van der Waals surface area (Å²) < 4.78 is 4.28. The summed E-state index contributed by atoms with van der Waals surface area (Å²) in [5, 5.41) is 18.6. The van der Waals surface area contributed by atoms with Crippen molar-refractivity contribution in [2.24, 2.45) is 5.41 Å². The third-order valence-electron chi connectivity index (χ3n) is 1.63. The molecule has 0 aliphatic carbocycles. The molecule has 2 atom stereocenters. The maximum atomic E-state index is 10.8. The maximum Gasteiger partial charge on any atom is 0.337 e. The predicted molar refractivity (Wildman–Crippen MR) is 43.5 cm³/mol. The molecule has 0 rings (SSSR count). The van der Waals surface area contributed by atoms with Crippen LogP contribution in [0.2, 0.25) is 0 Å². The standard InChI is InChI=1S/C8H16O4/c1-8(2,3)6(10)5(9)7(11)12-4/h5-6,9-10H,1-4H3/t5-,6+/m1/s1. The van der Waals surface area contributed by atoms with Crippen molar-refractivity contribution < 1.29 is 19.7 Å². The fourth-order valence-corrected chi connectivity index (χ4v) is 0.723. The van der Waals surface area contributed by atoms with Crippen LogP contribution in [0.3, 0.4) is 0 Å². The Kier molecular flexibility index (Phi) is 3.67. The molecular weight excluding hydrogens is 160 g/mol. The van der Waals surface area contributed by atoms with Gasteiger partial charge in [0.1, 0.15) is 0 Å². The van der Waals surface area contributed by atoms with E-state index in [1.165, 1.54) is 7.11 Å². The number of hydrogen-bond donors (Lipinski definition) is 2. The van der Waals surface area contributed by atoms with Gasteiger partial charge in [-0.1, -0.05) is 20.8 Å². The fourth-order valence-electron chi connectivity index (χ4n) is 0.723. The molecule has 0 spiro atoms. The average Bonchev–Trinajstić information content (AvgIpc) is 1.98. The smallest absolute Gasteiger partial charge is 0.337 e. The van der Waals surface area contributed by atoms with E-state index < -0.39 is 23.6 Å². The first-order chi connectivity index (χ1) is 5.30. The zero-order chi connectivity index (χ0) is 9.94. The SMILES string of the molecule is COC(=O)[C@H](O)[C@H](O)C(C)(C)C. The van der Waals surface area contributed by atoms with Crippen LogP contribution < -0.4 is 0 Å². The molecule has 2 N–H and O–H groups in total. The van der Waals surface area contributed by atoms with Gasteiger partial charge in [0.25, 0.3) is 0 Å². The molecule has 0 fully saturated rings. The minimum absolute atomic E-state index is 0.534. The Balaban J connectivity index is 4.29. The number of aliphatic hydroxyl groups is 2. The molecule has 0 bridgehead atoms. The molecule has 0 aromatic carbocycles. The Morgan fingerprint density at radius 2 is 1.75 bits per heavy atom. The van der Waals surface area contributed by atoms with E-state index in [1.54, 1.807) is 20.8 Å². The molecule has 0 aliphatic heterocycles. The Morgan fingerprint density at radius 1 is 1.33 bits per heavy atom. The van der Waals surface area contributed by atoms with Crippen molar-refractivity contribution in [2.75, 3.05) is 7.11 Å². The third-order valence-corrected chi connectivity index (χ3v) is 1.63. The van der Waals surface area contributed by atoms with Gasteiger partial charge < -0.3 is 14.9 Å². The Morgan fingerprint density at radius 3 is 2.00 bits per heavy atom. The molecule has 0 aromatic rings. The number of rotatable bonds is 2. The fraction of sp³-hybridized carbons (Fsp3) is 0.875. The van der Waals surface area contributed by atoms with Crippen molar-refractivity contribution in [1.29, 1.82) is 0 Å². The molecule has 12 heavy (non-hydrogen) atoms. The van der Waals surface area contributed by atoms with Crippen LogP contribution >= 0.6 is 0 Å². The van der Waals surface area contributed by atoms with Crippen molar-refractivity contribution in [3.63, 3.8) is 0 Å². The van der Waals surface area contributed by atoms with Gasteiger partial charge in [0.05, 0.1) is 13.2 Å². The highest BCUT2D eigenvalue weighted by Crippen LogP contribution is 2.21. The number of carbonyl (C=O) groups is 1. The number of esters is 1. The molecule has 0 unspecified atom stereocenters. The molecule has 0 saturated heterocycles. The van der Waals surface area contributed by atoms with Crippen LogP contribution in [0, 0.1) is 5.41 Å². The Labute approximate surface area is 72.2 Å². The number of carbonyl (C=O) groups excluding carboxylic acids is 1. The first-order valence-electron chi connectivity index (χ1n) is 3.74. The lowest BCUT2D eigenvalue weighted by Gasteiger charge is -2.28. The summed E-state index contributed by atoms with van der Waals surface area (Å²) in [6.45, 7) is 5.18. The van der Waals surface area contributed by atoms with E-state index in [2.05, 4.69) is 4.74 Å². The number of hydrogen-bond acceptors (Lipinski definition) is 4. The van der Waals surface area contributed by atoms with Crippen molar-refractivity contribution >= 4 is 5.97 Å². The van der Waals surface area contributed by atoms with Crippen molar-refractivity contribution in [3.05, 3.63) is 0 Å². The van der Waals surface area contributed by atoms with Crippen LogP contribution in [-0.4, -0.2) is 35.5 Å². The topological polar surface area (TPSA) is 66.8 Å². The van der Waals surface area contributed by atoms with Crippen LogP contribution in [0.1, 0.15) is 20.8 Å². The zero-order valence-electron chi connectivity index (χ0n) is 7.87. The van der Waals surface area contributed by atoms with Crippen LogP contribution in [0.25, 0.3) is 0 Å². The van der Waals surface area contributed by atoms with Gasteiger partial charge in [0, 0.05) is 0 Å². The van der Waals surface area contributed by atoms with E-state index in [-0.39, 0.29) is 0 Å². The summed E-state index contributed by atoms with van der Waals surface area (Å²) >= 11 is 0. The summed E-state index contributed by atoms with van der Waals surface area (Å²) in [5.41, 5.74) is -0.534. The van der Waals surface area contributed by atoms with E-state index >= 15 is 0 Å². The average molecular weight is 176 g/mol. The second-order valence-corrected chi connectivity index (χ2v) is 3.78. The quantitative estimate of drug-likeness (QED) is 0.578. The molecule has 0 aromatic heterocycles. The normalized spacial score (nSPS) is 16.8. The lowest BCUT2D eigenvalue weighted by Crippen LogP contribution is -2.43. The lowest BCUT2D eigenvalue weighted by molar-refractivity contribution is -0.161. The van der Waals surface area contributed by atoms with Crippen molar-refractivity contribution in [2.45, 2.75) is 33.0 Å². The molecule has 4 nitrogen and oxygen atoms in total. The van der Waals surface area contributed by atoms with Crippen molar-refractivity contribution in [1.82, 2.24) is 0 Å². The highest BCUT2D eigenvalue weighted by molar-refractivity contribution is 5.75. The van der Waals surface area contributed by atoms with Gasteiger partial charge in [-0.2, -0.15) is 0 Å². The zero-order valence-corrected chi connectivity index (χ0v) is 7.87. The minimum Gasteiger partial charge on any atom is -0.467 e. The molecule has 72 valence electrons. The molecule has 0 radical (unpaired) electrons. The summed E-state index contributed by atoms with van der Waals surface area (Å²) in [5.74, 6) is -0.808. The van der Waals surface area contributed by atoms with Gasteiger partial charge in [-0.15, -0.1) is 0 Å². The van der Waals surface area contributed by atoms with E-state index in [9.17, 15) is 15.0 Å². The number of ether oxygens (including phenoxy) is 1. The molecule has 0 saturated carbocycles. The van der Waals surface area contributed by atoms with E-state index in [0.717, 1.165) is 0 Å². The summed E-state index contributed by atoms with van der Waals surface area (Å²) in [7, 11) is 1.17. The first kappa shape index (κ1) is 11.4. The highest BCUT2D eigenvalue weighted by atomic mass is 16.5. The maximum absolute atomic E-state index is 10.8. The van der Waals surface area contributed by atoms with Crippen LogP contribution in [0.15, 0.2) is 0 Å². The largest absolute Gasteiger partial charge is 0.467 e. The van der Waals surface area contributed by atoms with Crippen LogP contribution in [0.5, 0.6) is 0 Å². The van der Waals surface area contributed by atoms with Gasteiger partial charge in [-0.05, 0) is 5.41 Å². The predicted octanol–water partition coefficient (Wildman–Crippen LogP) is -0.0727. The van der Waals surface area contributed by atoms with Gasteiger partial charge in [-0.25, -0.2) is 4.79 Å². The Bertz CT molecular complexity index is 159. The summed E-state index contributed by atoms with van der Waals surface area (Å²) in [6.07, 6.45) is -2.57.